The van der Waals surface area contributed by atoms with E-state index in [1.807, 2.05) is 0 Å². The molecular formula is C15H18N6O3. The fraction of sp³-hybridized carbons (Fsp3) is 0.400. The average Bonchev–Trinajstić information content (AvgIpc) is 3.01. The van der Waals surface area contributed by atoms with Crippen molar-refractivity contribution in [2.75, 3.05) is 18.4 Å². The minimum atomic E-state index is -0.223. The molecule has 126 valence electrons. The van der Waals surface area contributed by atoms with Crippen LogP contribution in [0.15, 0.2) is 23.0 Å². The van der Waals surface area contributed by atoms with Crippen molar-refractivity contribution in [3.8, 4) is 0 Å². The highest BCUT2D eigenvalue weighted by molar-refractivity contribution is 5.83. The van der Waals surface area contributed by atoms with Crippen molar-refractivity contribution in [2.24, 2.45) is 0 Å². The molecule has 0 aromatic carbocycles. The average molecular weight is 330 g/mol. The number of rotatable bonds is 5. The van der Waals surface area contributed by atoms with Crippen LogP contribution in [-0.4, -0.2) is 44.9 Å². The van der Waals surface area contributed by atoms with E-state index in [4.69, 9.17) is 4.52 Å². The van der Waals surface area contributed by atoms with E-state index in [0.717, 1.165) is 17.0 Å². The lowest BCUT2D eigenvalue weighted by atomic mass is 10.1. The lowest BCUT2D eigenvalue weighted by Crippen LogP contribution is -2.42. The largest absolute Gasteiger partial charge is 0.361 e. The summed E-state index contributed by atoms with van der Waals surface area (Å²) in [6, 6.07) is 1.74. The van der Waals surface area contributed by atoms with Crippen molar-refractivity contribution in [2.45, 2.75) is 26.4 Å². The third-order valence-electron chi connectivity index (χ3n) is 3.73. The maximum Gasteiger partial charge on any atom is 0.242 e. The summed E-state index contributed by atoms with van der Waals surface area (Å²) in [5, 5.41) is 9.68. The molecule has 0 radical (unpaired) electrons. The van der Waals surface area contributed by atoms with E-state index in [1.54, 1.807) is 23.4 Å². The number of nitrogens with zero attached hydrogens (tertiary/aromatic N) is 4. The maximum absolute atomic E-state index is 12.1. The van der Waals surface area contributed by atoms with Crippen molar-refractivity contribution in [1.82, 2.24) is 25.3 Å². The van der Waals surface area contributed by atoms with Gasteiger partial charge in [0.25, 0.3) is 0 Å². The van der Waals surface area contributed by atoms with Crippen molar-refractivity contribution in [1.29, 1.82) is 0 Å². The molecule has 2 aromatic heterocycles. The summed E-state index contributed by atoms with van der Waals surface area (Å²) in [7, 11) is 0. The van der Waals surface area contributed by atoms with Gasteiger partial charge in [0, 0.05) is 37.8 Å². The van der Waals surface area contributed by atoms with Crippen LogP contribution in [0.4, 0.5) is 5.95 Å². The fourth-order valence-electron chi connectivity index (χ4n) is 2.48. The Hall–Kier alpha value is -2.97. The Kier molecular flexibility index (Phi) is 4.69. The van der Waals surface area contributed by atoms with Crippen molar-refractivity contribution in [3.63, 3.8) is 0 Å². The molecule has 0 aliphatic carbocycles. The topological polar surface area (TPSA) is 113 Å². The van der Waals surface area contributed by atoms with Crippen LogP contribution in [0.1, 0.15) is 23.9 Å². The summed E-state index contributed by atoms with van der Waals surface area (Å²) in [4.78, 5) is 33.0. The number of aromatic nitrogens is 3. The first-order chi connectivity index (χ1) is 11.6. The predicted octanol–water partition coefficient (Wildman–Crippen LogP) is 0.0975. The molecule has 0 saturated heterocycles. The van der Waals surface area contributed by atoms with E-state index < -0.39 is 0 Å². The van der Waals surface area contributed by atoms with Crippen LogP contribution >= 0.6 is 0 Å². The van der Waals surface area contributed by atoms with Crippen LogP contribution in [0.25, 0.3) is 0 Å². The van der Waals surface area contributed by atoms with Crippen molar-refractivity contribution in [3.05, 3.63) is 35.5 Å². The number of hydrogen-bond acceptors (Lipinski definition) is 7. The lowest BCUT2D eigenvalue weighted by molar-refractivity contribution is -0.133. The molecule has 9 nitrogen and oxygen atoms in total. The van der Waals surface area contributed by atoms with Crippen LogP contribution in [0.3, 0.4) is 0 Å². The second-order valence-corrected chi connectivity index (χ2v) is 5.43. The van der Waals surface area contributed by atoms with E-state index in [-0.39, 0.29) is 18.4 Å². The summed E-state index contributed by atoms with van der Waals surface area (Å²) in [5.41, 5.74) is 1.63. The Bertz CT molecular complexity index is 730. The Morgan fingerprint density at radius 1 is 1.33 bits per heavy atom. The van der Waals surface area contributed by atoms with Gasteiger partial charge in [-0.15, -0.1) is 0 Å². The molecule has 9 heteroatoms. The first-order valence-corrected chi connectivity index (χ1v) is 7.63. The normalized spacial score (nSPS) is 13.3. The molecule has 2 amide bonds. The van der Waals surface area contributed by atoms with Gasteiger partial charge >= 0.3 is 0 Å². The number of amides is 2. The van der Waals surface area contributed by atoms with Gasteiger partial charge in [-0.25, -0.2) is 9.97 Å². The second-order valence-electron chi connectivity index (χ2n) is 5.43. The van der Waals surface area contributed by atoms with E-state index in [2.05, 4.69) is 25.8 Å². The number of hydrogen-bond donors (Lipinski definition) is 2. The van der Waals surface area contributed by atoms with Crippen LogP contribution in [0.5, 0.6) is 0 Å². The molecule has 0 saturated carbocycles. The van der Waals surface area contributed by atoms with Crippen LogP contribution < -0.4 is 10.6 Å². The maximum atomic E-state index is 12.1. The Balaban J connectivity index is 1.64. The zero-order valence-corrected chi connectivity index (χ0v) is 13.3. The molecule has 3 rings (SSSR count). The summed E-state index contributed by atoms with van der Waals surface area (Å²) in [6.07, 6.45) is 3.90. The SMILES string of the molecule is CC(=O)NCC(=O)N1CCc2onc(CNc3ncccn3)c2C1. The van der Waals surface area contributed by atoms with Gasteiger partial charge in [0.1, 0.15) is 11.5 Å². The molecule has 24 heavy (non-hydrogen) atoms. The van der Waals surface area contributed by atoms with Gasteiger partial charge in [0.05, 0.1) is 19.6 Å². The molecule has 0 spiro atoms. The van der Waals surface area contributed by atoms with Gasteiger partial charge in [-0.2, -0.15) is 0 Å². The van der Waals surface area contributed by atoms with Gasteiger partial charge in [-0.1, -0.05) is 5.16 Å². The lowest BCUT2D eigenvalue weighted by Gasteiger charge is -2.26. The van der Waals surface area contributed by atoms with E-state index in [1.165, 1.54) is 6.92 Å². The highest BCUT2D eigenvalue weighted by Crippen LogP contribution is 2.23. The molecule has 0 unspecified atom stereocenters. The fourth-order valence-corrected chi connectivity index (χ4v) is 2.48. The van der Waals surface area contributed by atoms with Crippen LogP contribution in [0, 0.1) is 0 Å². The summed E-state index contributed by atoms with van der Waals surface area (Å²) < 4.78 is 5.36. The highest BCUT2D eigenvalue weighted by atomic mass is 16.5. The minimum absolute atomic E-state index is 0.00137. The van der Waals surface area contributed by atoms with Crippen LogP contribution in [-0.2, 0) is 29.1 Å². The summed E-state index contributed by atoms with van der Waals surface area (Å²) in [5.74, 6) is 0.953. The first kappa shape index (κ1) is 15.9. The minimum Gasteiger partial charge on any atom is -0.361 e. The number of carbonyl (C=O) groups excluding carboxylic acids is 2. The number of fused-ring (bicyclic) bond motifs is 1. The molecular weight excluding hydrogens is 312 g/mol. The molecule has 1 aliphatic rings. The van der Waals surface area contributed by atoms with Gasteiger partial charge in [-0.3, -0.25) is 9.59 Å². The Morgan fingerprint density at radius 3 is 2.88 bits per heavy atom. The monoisotopic (exact) mass is 330 g/mol. The highest BCUT2D eigenvalue weighted by Gasteiger charge is 2.26. The first-order valence-electron chi connectivity index (χ1n) is 7.63. The molecule has 3 heterocycles. The third-order valence-corrected chi connectivity index (χ3v) is 3.73. The van der Waals surface area contributed by atoms with E-state index >= 15 is 0 Å². The van der Waals surface area contributed by atoms with E-state index in [9.17, 15) is 9.59 Å². The van der Waals surface area contributed by atoms with Gasteiger partial charge in [0.15, 0.2) is 0 Å². The summed E-state index contributed by atoms with van der Waals surface area (Å²) in [6.45, 7) is 2.77. The number of nitrogens with one attached hydrogen (secondary N) is 2. The van der Waals surface area contributed by atoms with Gasteiger partial charge in [0.2, 0.25) is 17.8 Å². The molecule has 0 atom stereocenters. The molecule has 0 bridgehead atoms. The van der Waals surface area contributed by atoms with E-state index in [0.29, 0.717) is 32.0 Å². The molecule has 1 aliphatic heterocycles. The van der Waals surface area contributed by atoms with Crippen LogP contribution in [0.2, 0.25) is 0 Å². The molecule has 2 aromatic rings. The quantitative estimate of drug-likeness (QED) is 0.799. The van der Waals surface area contributed by atoms with Gasteiger partial charge < -0.3 is 20.1 Å². The zero-order chi connectivity index (χ0) is 16.9. The Morgan fingerprint density at radius 2 is 2.12 bits per heavy atom. The second kappa shape index (κ2) is 7.07. The molecule has 2 N–H and O–H groups in total. The predicted molar refractivity (Wildman–Crippen MR) is 83.7 cm³/mol. The number of carbonyl (C=O) groups is 2. The molecule has 0 fully saturated rings. The standard InChI is InChI=1S/C15H18N6O3/c1-10(22)18-8-14(23)21-6-3-13-11(9-21)12(20-24-13)7-19-15-16-4-2-5-17-15/h2,4-5H,3,6-9H2,1H3,(H,18,22)(H,16,17,19). The zero-order valence-electron chi connectivity index (χ0n) is 13.3. The van der Waals surface area contributed by atoms with Crippen molar-refractivity contribution >= 4 is 17.8 Å². The third kappa shape index (κ3) is 3.67. The number of anilines is 1. The smallest absolute Gasteiger partial charge is 0.242 e. The Labute approximate surface area is 138 Å². The van der Waals surface area contributed by atoms with Crippen molar-refractivity contribution < 1.29 is 14.1 Å². The van der Waals surface area contributed by atoms with Gasteiger partial charge in [-0.05, 0) is 6.07 Å². The summed E-state index contributed by atoms with van der Waals surface area (Å²) >= 11 is 0.